The third-order valence-electron chi connectivity index (χ3n) is 1.50. The van der Waals surface area contributed by atoms with E-state index in [1.807, 2.05) is 19.5 Å². The van der Waals surface area contributed by atoms with Gasteiger partial charge in [-0.25, -0.2) is 0 Å². The standard InChI is InChI=1S/C7H13N3/c1-3-6-4-9-7(8-2)10-5-6/h4-5,7-9H,3H2,1-2H3/t7-/m0/s1. The van der Waals surface area contributed by atoms with E-state index in [0.29, 0.717) is 0 Å². The van der Waals surface area contributed by atoms with Gasteiger partial charge in [0.05, 0.1) is 0 Å². The number of hydrogen-bond acceptors (Lipinski definition) is 3. The number of rotatable bonds is 2. The normalized spacial score (nSPS) is 23.8. The second kappa shape index (κ2) is 3.37. The molecule has 0 bridgehead atoms. The molecular formula is C7H13N3. The van der Waals surface area contributed by atoms with Gasteiger partial charge in [-0.15, -0.1) is 0 Å². The Morgan fingerprint density at radius 1 is 1.80 bits per heavy atom. The summed E-state index contributed by atoms with van der Waals surface area (Å²) < 4.78 is 0. The van der Waals surface area contributed by atoms with E-state index in [0.717, 1.165) is 6.42 Å². The zero-order valence-electron chi connectivity index (χ0n) is 6.39. The van der Waals surface area contributed by atoms with Crippen molar-refractivity contribution >= 4 is 6.21 Å². The van der Waals surface area contributed by atoms with Crippen LogP contribution < -0.4 is 10.6 Å². The molecule has 1 atom stereocenters. The van der Waals surface area contributed by atoms with Crippen LogP contribution >= 0.6 is 0 Å². The summed E-state index contributed by atoms with van der Waals surface area (Å²) in [4.78, 5) is 4.18. The van der Waals surface area contributed by atoms with Gasteiger partial charge in [0, 0.05) is 12.4 Å². The molecule has 0 amide bonds. The minimum absolute atomic E-state index is 0.0651. The molecule has 0 saturated carbocycles. The van der Waals surface area contributed by atoms with Crippen molar-refractivity contribution in [2.24, 2.45) is 4.99 Å². The zero-order chi connectivity index (χ0) is 7.40. The van der Waals surface area contributed by atoms with E-state index < -0.39 is 0 Å². The van der Waals surface area contributed by atoms with Crippen LogP contribution in [0.2, 0.25) is 0 Å². The Balaban J connectivity index is 2.46. The summed E-state index contributed by atoms with van der Waals surface area (Å²) in [5.41, 5.74) is 1.24. The molecular weight excluding hydrogens is 126 g/mol. The van der Waals surface area contributed by atoms with Crippen molar-refractivity contribution in [2.75, 3.05) is 7.05 Å². The smallest absolute Gasteiger partial charge is 0.173 e. The summed E-state index contributed by atoms with van der Waals surface area (Å²) in [6, 6.07) is 0. The highest BCUT2D eigenvalue weighted by atomic mass is 15.2. The predicted molar refractivity (Wildman–Crippen MR) is 42.8 cm³/mol. The molecule has 1 aliphatic rings. The van der Waals surface area contributed by atoms with Crippen LogP contribution in [0.5, 0.6) is 0 Å². The van der Waals surface area contributed by atoms with Crippen LogP contribution in [0.4, 0.5) is 0 Å². The highest BCUT2D eigenvalue weighted by Gasteiger charge is 2.02. The van der Waals surface area contributed by atoms with Crippen molar-refractivity contribution < 1.29 is 0 Å². The van der Waals surface area contributed by atoms with Crippen LogP contribution in [0.3, 0.4) is 0 Å². The van der Waals surface area contributed by atoms with E-state index in [1.54, 1.807) is 0 Å². The second-order valence-electron chi connectivity index (χ2n) is 2.21. The maximum Gasteiger partial charge on any atom is 0.173 e. The minimum atomic E-state index is 0.0651. The Morgan fingerprint density at radius 2 is 2.60 bits per heavy atom. The monoisotopic (exact) mass is 139 g/mol. The Kier molecular flexibility index (Phi) is 2.45. The summed E-state index contributed by atoms with van der Waals surface area (Å²) in [6.07, 6.45) is 4.99. The molecule has 0 aromatic heterocycles. The fourth-order valence-electron chi connectivity index (χ4n) is 0.788. The Labute approximate surface area is 61.2 Å². The van der Waals surface area contributed by atoms with Crippen LogP contribution in [0.25, 0.3) is 0 Å². The van der Waals surface area contributed by atoms with Crippen LogP contribution in [-0.2, 0) is 0 Å². The van der Waals surface area contributed by atoms with E-state index in [1.165, 1.54) is 5.57 Å². The van der Waals surface area contributed by atoms with Gasteiger partial charge >= 0.3 is 0 Å². The molecule has 0 aliphatic carbocycles. The summed E-state index contributed by atoms with van der Waals surface area (Å²) in [7, 11) is 1.87. The third kappa shape index (κ3) is 1.57. The van der Waals surface area contributed by atoms with Crippen LogP contribution in [0.1, 0.15) is 13.3 Å². The van der Waals surface area contributed by atoms with E-state index in [2.05, 4.69) is 22.5 Å². The minimum Gasteiger partial charge on any atom is -0.357 e. The second-order valence-corrected chi connectivity index (χ2v) is 2.21. The van der Waals surface area contributed by atoms with Crippen molar-refractivity contribution in [2.45, 2.75) is 19.6 Å². The van der Waals surface area contributed by atoms with Crippen LogP contribution in [-0.4, -0.2) is 19.6 Å². The molecule has 0 aromatic rings. The molecule has 0 saturated heterocycles. The summed E-state index contributed by atoms with van der Waals surface area (Å²) in [5, 5.41) is 6.09. The van der Waals surface area contributed by atoms with Crippen LogP contribution in [0, 0.1) is 0 Å². The van der Waals surface area contributed by atoms with Gasteiger partial charge in [0.15, 0.2) is 6.29 Å². The van der Waals surface area contributed by atoms with Crippen molar-refractivity contribution in [3.05, 3.63) is 11.8 Å². The SMILES string of the molecule is CCC1=CN[C@H](NC)N=C1. The molecule has 0 spiro atoms. The number of nitrogens with one attached hydrogen (secondary N) is 2. The summed E-state index contributed by atoms with van der Waals surface area (Å²) in [6.45, 7) is 2.11. The first-order chi connectivity index (χ1) is 4.86. The molecule has 2 N–H and O–H groups in total. The average molecular weight is 139 g/mol. The number of allylic oxidation sites excluding steroid dienone is 1. The molecule has 0 fully saturated rings. The van der Waals surface area contributed by atoms with Gasteiger partial charge in [0.25, 0.3) is 0 Å². The lowest BCUT2D eigenvalue weighted by atomic mass is 10.2. The molecule has 0 radical (unpaired) electrons. The van der Waals surface area contributed by atoms with Crippen LogP contribution in [0.15, 0.2) is 16.8 Å². The zero-order valence-corrected chi connectivity index (χ0v) is 6.39. The van der Waals surface area contributed by atoms with Gasteiger partial charge in [-0.3, -0.25) is 10.3 Å². The highest BCUT2D eigenvalue weighted by molar-refractivity contribution is 5.79. The number of aliphatic imine (C=N–C) groups is 1. The van der Waals surface area contributed by atoms with E-state index in [4.69, 9.17) is 0 Å². The third-order valence-corrected chi connectivity index (χ3v) is 1.50. The molecule has 10 heavy (non-hydrogen) atoms. The van der Waals surface area contributed by atoms with Gasteiger partial charge in [-0.1, -0.05) is 6.92 Å². The predicted octanol–water partition coefficient (Wildman–Crippen LogP) is 0.457. The maximum atomic E-state index is 4.18. The first-order valence-corrected chi connectivity index (χ1v) is 3.52. The average Bonchev–Trinajstić information content (AvgIpc) is 2.05. The fourth-order valence-corrected chi connectivity index (χ4v) is 0.788. The van der Waals surface area contributed by atoms with E-state index in [-0.39, 0.29) is 6.29 Å². The van der Waals surface area contributed by atoms with Gasteiger partial charge in [0.2, 0.25) is 0 Å². The topological polar surface area (TPSA) is 36.4 Å². The van der Waals surface area contributed by atoms with Crippen molar-refractivity contribution in [3.8, 4) is 0 Å². The van der Waals surface area contributed by atoms with E-state index in [9.17, 15) is 0 Å². The first kappa shape index (κ1) is 7.28. The Bertz CT molecular complexity index is 160. The molecule has 3 nitrogen and oxygen atoms in total. The summed E-state index contributed by atoms with van der Waals surface area (Å²) >= 11 is 0. The molecule has 3 heteroatoms. The fraction of sp³-hybridized carbons (Fsp3) is 0.571. The van der Waals surface area contributed by atoms with E-state index >= 15 is 0 Å². The maximum absolute atomic E-state index is 4.18. The first-order valence-electron chi connectivity index (χ1n) is 3.52. The lowest BCUT2D eigenvalue weighted by Gasteiger charge is -2.16. The number of hydrogen-bond donors (Lipinski definition) is 2. The molecule has 0 aromatic carbocycles. The van der Waals surface area contributed by atoms with Gasteiger partial charge in [-0.05, 0) is 19.0 Å². The van der Waals surface area contributed by atoms with Crippen molar-refractivity contribution in [3.63, 3.8) is 0 Å². The molecule has 0 unspecified atom stereocenters. The molecule has 56 valence electrons. The molecule has 1 heterocycles. The molecule has 1 aliphatic heterocycles. The number of nitrogens with zero attached hydrogens (tertiary/aromatic N) is 1. The van der Waals surface area contributed by atoms with Gasteiger partial charge < -0.3 is 5.32 Å². The highest BCUT2D eigenvalue weighted by Crippen LogP contribution is 1.99. The van der Waals surface area contributed by atoms with Gasteiger partial charge in [0.1, 0.15) is 0 Å². The van der Waals surface area contributed by atoms with Crippen molar-refractivity contribution in [1.29, 1.82) is 0 Å². The van der Waals surface area contributed by atoms with Gasteiger partial charge in [-0.2, -0.15) is 0 Å². The lowest BCUT2D eigenvalue weighted by molar-refractivity contribution is 0.531. The Hall–Kier alpha value is -0.830. The quantitative estimate of drug-likeness (QED) is 0.583. The summed E-state index contributed by atoms with van der Waals surface area (Å²) in [5.74, 6) is 0. The van der Waals surface area contributed by atoms with Crippen molar-refractivity contribution in [1.82, 2.24) is 10.6 Å². The Morgan fingerprint density at radius 3 is 3.00 bits per heavy atom. The molecule has 1 rings (SSSR count). The largest absolute Gasteiger partial charge is 0.357 e. The lowest BCUT2D eigenvalue weighted by Crippen LogP contribution is -2.37.